The summed E-state index contributed by atoms with van der Waals surface area (Å²) in [5.74, 6) is 0.741. The molecule has 0 radical (unpaired) electrons. The van der Waals surface area contributed by atoms with E-state index in [1.54, 1.807) is 11.3 Å². The highest BCUT2D eigenvalue weighted by atomic mass is 35.5. The summed E-state index contributed by atoms with van der Waals surface area (Å²) in [5.41, 5.74) is 2.74. The predicted molar refractivity (Wildman–Crippen MR) is 137 cm³/mol. The van der Waals surface area contributed by atoms with Gasteiger partial charge in [0.25, 0.3) is 5.91 Å². The van der Waals surface area contributed by atoms with Gasteiger partial charge in [0.05, 0.1) is 29.5 Å². The van der Waals surface area contributed by atoms with E-state index in [1.807, 2.05) is 49.1 Å². The van der Waals surface area contributed by atoms with Crippen molar-refractivity contribution >= 4 is 45.0 Å². The molecule has 0 saturated carbocycles. The fraction of sp³-hybridized carbons (Fsp3) is 0.440. The number of ether oxygens (including phenoxy) is 2. The first-order chi connectivity index (χ1) is 15.5. The summed E-state index contributed by atoms with van der Waals surface area (Å²) in [4.78, 5) is 22.6. The molecule has 0 N–H and O–H groups in total. The number of amides is 1. The Morgan fingerprint density at radius 2 is 1.91 bits per heavy atom. The van der Waals surface area contributed by atoms with Gasteiger partial charge in [0.1, 0.15) is 5.75 Å². The van der Waals surface area contributed by atoms with Crippen molar-refractivity contribution in [1.29, 1.82) is 0 Å². The largest absolute Gasteiger partial charge is 0.491 e. The number of para-hydroxylation sites is 1. The maximum Gasteiger partial charge on any atom is 0.260 e. The molecule has 4 rings (SSSR count). The number of fused-ring (bicyclic) bond motifs is 1. The number of morpholine rings is 1. The quantitative estimate of drug-likeness (QED) is 0.436. The van der Waals surface area contributed by atoms with Crippen molar-refractivity contribution in [1.82, 2.24) is 9.88 Å². The first-order valence-corrected chi connectivity index (χ1v) is 12.1. The molecule has 0 bridgehead atoms. The fourth-order valence-corrected chi connectivity index (χ4v) is 4.92. The molecule has 0 unspecified atom stereocenters. The lowest BCUT2D eigenvalue weighted by Crippen LogP contribution is -2.39. The van der Waals surface area contributed by atoms with Crippen LogP contribution in [-0.4, -0.2) is 61.3 Å². The number of anilines is 1. The van der Waals surface area contributed by atoms with E-state index in [1.165, 1.54) is 0 Å². The maximum absolute atomic E-state index is 13.5. The highest BCUT2D eigenvalue weighted by Gasteiger charge is 2.22. The van der Waals surface area contributed by atoms with Crippen LogP contribution in [0.5, 0.6) is 5.75 Å². The van der Waals surface area contributed by atoms with Gasteiger partial charge < -0.3 is 9.47 Å². The minimum Gasteiger partial charge on any atom is -0.491 e. The second kappa shape index (κ2) is 11.8. The molecule has 1 amide bonds. The summed E-state index contributed by atoms with van der Waals surface area (Å²) in [6.45, 7) is 11.1. The van der Waals surface area contributed by atoms with Gasteiger partial charge in [0.15, 0.2) is 5.13 Å². The molecule has 0 spiro atoms. The minimum absolute atomic E-state index is 0. The Balaban J connectivity index is 0.00000306. The van der Waals surface area contributed by atoms with Crippen LogP contribution in [0.3, 0.4) is 0 Å². The number of thiazole rings is 1. The Hall–Kier alpha value is -2.19. The molecule has 178 valence electrons. The number of carbonyl (C=O) groups is 1. The summed E-state index contributed by atoms with van der Waals surface area (Å²) in [6, 6.07) is 13.6. The Morgan fingerprint density at radius 3 is 2.58 bits per heavy atom. The SMILES string of the molecule is Cc1cccc2sc(N(CCCN3CCOCC3)C(=O)c3ccc(OC(C)C)cc3)nc12.Cl. The average molecular weight is 490 g/mol. The molecule has 3 aromatic rings. The van der Waals surface area contributed by atoms with Crippen molar-refractivity contribution in [2.24, 2.45) is 0 Å². The Kier molecular flexibility index (Phi) is 9.09. The number of benzene rings is 2. The molecule has 1 fully saturated rings. The van der Waals surface area contributed by atoms with Gasteiger partial charge in [-0.1, -0.05) is 23.5 Å². The van der Waals surface area contributed by atoms with Gasteiger partial charge in [0.2, 0.25) is 0 Å². The van der Waals surface area contributed by atoms with Crippen LogP contribution in [0.1, 0.15) is 36.2 Å². The molecule has 0 aliphatic carbocycles. The monoisotopic (exact) mass is 489 g/mol. The number of aromatic nitrogens is 1. The van der Waals surface area contributed by atoms with Gasteiger partial charge >= 0.3 is 0 Å². The number of nitrogens with zero attached hydrogens (tertiary/aromatic N) is 3. The van der Waals surface area contributed by atoms with Crippen LogP contribution in [0.25, 0.3) is 10.2 Å². The third kappa shape index (κ3) is 6.44. The zero-order valence-corrected chi connectivity index (χ0v) is 21.1. The first-order valence-electron chi connectivity index (χ1n) is 11.3. The van der Waals surface area contributed by atoms with Gasteiger partial charge in [-0.3, -0.25) is 14.6 Å². The molecular formula is C25H32ClN3O3S. The molecule has 1 aliphatic heterocycles. The molecule has 2 aromatic carbocycles. The Bertz CT molecular complexity index is 1050. The third-order valence-electron chi connectivity index (χ3n) is 5.52. The first kappa shape index (κ1) is 25.4. The lowest BCUT2D eigenvalue weighted by atomic mass is 10.2. The van der Waals surface area contributed by atoms with Crippen LogP contribution in [0.4, 0.5) is 5.13 Å². The lowest BCUT2D eigenvalue weighted by molar-refractivity contribution is 0.0376. The lowest BCUT2D eigenvalue weighted by Gasteiger charge is -2.27. The van der Waals surface area contributed by atoms with E-state index in [9.17, 15) is 4.79 Å². The Morgan fingerprint density at radius 1 is 1.18 bits per heavy atom. The van der Waals surface area contributed by atoms with Crippen LogP contribution in [0.2, 0.25) is 0 Å². The number of rotatable bonds is 8. The fourth-order valence-electron chi connectivity index (χ4n) is 3.86. The van der Waals surface area contributed by atoms with E-state index >= 15 is 0 Å². The van der Waals surface area contributed by atoms with E-state index in [-0.39, 0.29) is 24.4 Å². The zero-order valence-electron chi connectivity index (χ0n) is 19.5. The standard InChI is InChI=1S/C25H31N3O3S.ClH/c1-18(2)31-21-10-8-20(9-11-21)24(29)28(13-5-12-27-14-16-30-17-15-27)25-26-23-19(3)6-4-7-22(23)32-25;/h4,6-11,18H,5,12-17H2,1-3H3;1H. The average Bonchev–Trinajstić information content (AvgIpc) is 3.22. The van der Waals surface area contributed by atoms with Gasteiger partial charge in [-0.05, 0) is 63.1 Å². The van der Waals surface area contributed by atoms with Crippen molar-refractivity contribution in [3.63, 3.8) is 0 Å². The normalized spacial score (nSPS) is 14.3. The second-order valence-electron chi connectivity index (χ2n) is 8.37. The van der Waals surface area contributed by atoms with E-state index in [0.29, 0.717) is 12.1 Å². The summed E-state index contributed by atoms with van der Waals surface area (Å²) in [6.07, 6.45) is 0.981. The molecule has 1 aliphatic rings. The summed E-state index contributed by atoms with van der Waals surface area (Å²) in [7, 11) is 0. The number of carbonyl (C=O) groups excluding carboxylic acids is 1. The number of aryl methyl sites for hydroxylation is 1. The molecule has 0 atom stereocenters. The van der Waals surface area contributed by atoms with Crippen molar-refractivity contribution in [2.75, 3.05) is 44.3 Å². The smallest absolute Gasteiger partial charge is 0.260 e. The molecule has 6 nitrogen and oxygen atoms in total. The van der Waals surface area contributed by atoms with E-state index in [2.05, 4.69) is 24.0 Å². The van der Waals surface area contributed by atoms with Crippen LogP contribution in [-0.2, 0) is 4.74 Å². The molecule has 2 heterocycles. The van der Waals surface area contributed by atoms with Crippen molar-refractivity contribution in [3.8, 4) is 5.75 Å². The number of hydrogen-bond donors (Lipinski definition) is 0. The van der Waals surface area contributed by atoms with Gasteiger partial charge in [0, 0.05) is 31.7 Å². The van der Waals surface area contributed by atoms with Crippen molar-refractivity contribution < 1.29 is 14.3 Å². The van der Waals surface area contributed by atoms with Crippen LogP contribution < -0.4 is 9.64 Å². The van der Waals surface area contributed by atoms with Gasteiger partial charge in [-0.15, -0.1) is 12.4 Å². The van der Waals surface area contributed by atoms with E-state index in [0.717, 1.165) is 65.9 Å². The summed E-state index contributed by atoms with van der Waals surface area (Å²) < 4.78 is 12.3. The topological polar surface area (TPSA) is 54.9 Å². The third-order valence-corrected chi connectivity index (χ3v) is 6.56. The zero-order chi connectivity index (χ0) is 22.5. The molecule has 33 heavy (non-hydrogen) atoms. The summed E-state index contributed by atoms with van der Waals surface area (Å²) >= 11 is 1.58. The van der Waals surface area contributed by atoms with Crippen LogP contribution >= 0.6 is 23.7 Å². The molecule has 1 aromatic heterocycles. The molecule has 8 heteroatoms. The highest BCUT2D eigenvalue weighted by molar-refractivity contribution is 7.22. The maximum atomic E-state index is 13.5. The molecular weight excluding hydrogens is 458 g/mol. The van der Waals surface area contributed by atoms with Crippen LogP contribution in [0, 0.1) is 6.92 Å². The highest BCUT2D eigenvalue weighted by Crippen LogP contribution is 2.31. The van der Waals surface area contributed by atoms with Crippen LogP contribution in [0.15, 0.2) is 42.5 Å². The summed E-state index contributed by atoms with van der Waals surface area (Å²) in [5, 5.41) is 0.754. The minimum atomic E-state index is -0.0280. The van der Waals surface area contributed by atoms with Crippen molar-refractivity contribution in [3.05, 3.63) is 53.6 Å². The Labute approximate surface area is 205 Å². The van der Waals surface area contributed by atoms with Crippen molar-refractivity contribution in [2.45, 2.75) is 33.3 Å². The van der Waals surface area contributed by atoms with Gasteiger partial charge in [-0.2, -0.15) is 0 Å². The number of halogens is 1. The molecule has 1 saturated heterocycles. The van der Waals surface area contributed by atoms with E-state index in [4.69, 9.17) is 14.5 Å². The predicted octanol–water partition coefficient (Wildman–Crippen LogP) is 5.18. The van der Waals surface area contributed by atoms with E-state index < -0.39 is 0 Å². The second-order valence-corrected chi connectivity index (χ2v) is 9.38. The number of hydrogen-bond acceptors (Lipinski definition) is 6. The van der Waals surface area contributed by atoms with Gasteiger partial charge in [-0.25, -0.2) is 4.98 Å².